The van der Waals surface area contributed by atoms with Crippen LogP contribution in [-0.2, 0) is 17.8 Å². The summed E-state index contributed by atoms with van der Waals surface area (Å²) in [5.41, 5.74) is 2.03. The van der Waals surface area contributed by atoms with Crippen molar-refractivity contribution in [3.8, 4) is 5.69 Å². The zero-order chi connectivity index (χ0) is 18.6. The molecule has 2 N–H and O–H groups in total. The molecule has 1 aliphatic carbocycles. The predicted octanol–water partition coefficient (Wildman–Crippen LogP) is 2.17. The second kappa shape index (κ2) is 7.80. The van der Waals surface area contributed by atoms with Gasteiger partial charge in [0, 0.05) is 37.0 Å². The van der Waals surface area contributed by atoms with Crippen LogP contribution in [0.5, 0.6) is 0 Å². The fraction of sp³-hybridized carbons (Fsp3) is 0.333. The molecule has 140 valence electrons. The van der Waals surface area contributed by atoms with Gasteiger partial charge < -0.3 is 19.6 Å². The molecule has 1 saturated carbocycles. The second-order valence-corrected chi connectivity index (χ2v) is 7.27. The number of nitrogens with one attached hydrogen (secondary N) is 1. The number of aliphatic hydroxyl groups is 1. The van der Waals surface area contributed by atoms with Gasteiger partial charge in [0.15, 0.2) is 0 Å². The molecule has 6 nitrogen and oxygen atoms in total. The van der Waals surface area contributed by atoms with Gasteiger partial charge >= 0.3 is 0 Å². The Morgan fingerprint density at radius 2 is 1.93 bits per heavy atom. The number of carbonyl (C=O) groups is 1. The molecule has 0 saturated heterocycles. The molecule has 3 aromatic rings. The topological polar surface area (TPSA) is 72.1 Å². The summed E-state index contributed by atoms with van der Waals surface area (Å²) in [5, 5.41) is 13.3. The fourth-order valence-electron chi connectivity index (χ4n) is 3.85. The summed E-state index contributed by atoms with van der Waals surface area (Å²) in [6, 6.07) is 11.7. The highest BCUT2D eigenvalue weighted by Gasteiger charge is 2.33. The Morgan fingerprint density at radius 1 is 1.15 bits per heavy atom. The molecule has 27 heavy (non-hydrogen) atoms. The highest BCUT2D eigenvalue weighted by molar-refractivity contribution is 5.79. The largest absolute Gasteiger partial charge is 0.391 e. The zero-order valence-corrected chi connectivity index (χ0v) is 15.1. The van der Waals surface area contributed by atoms with Crippen molar-refractivity contribution in [1.29, 1.82) is 0 Å². The van der Waals surface area contributed by atoms with Crippen molar-refractivity contribution in [3.63, 3.8) is 0 Å². The van der Waals surface area contributed by atoms with Crippen LogP contribution < -0.4 is 5.32 Å². The molecule has 2 aromatic heterocycles. The summed E-state index contributed by atoms with van der Waals surface area (Å²) in [4.78, 5) is 16.5. The highest BCUT2D eigenvalue weighted by atomic mass is 16.3. The first-order valence-corrected chi connectivity index (χ1v) is 9.33. The van der Waals surface area contributed by atoms with Crippen molar-refractivity contribution < 1.29 is 9.90 Å². The molecule has 4 rings (SSSR count). The number of carbonyl (C=O) groups excluding carboxylic acids is 1. The van der Waals surface area contributed by atoms with E-state index in [2.05, 4.69) is 10.3 Å². The van der Waals surface area contributed by atoms with E-state index in [0.29, 0.717) is 18.8 Å². The number of nitrogens with zero attached hydrogens (tertiary/aromatic N) is 3. The molecule has 1 aliphatic rings. The molecule has 6 heteroatoms. The van der Waals surface area contributed by atoms with Crippen LogP contribution in [0.25, 0.3) is 5.69 Å². The van der Waals surface area contributed by atoms with E-state index >= 15 is 0 Å². The lowest BCUT2D eigenvalue weighted by Crippen LogP contribution is -2.40. The Hall–Kier alpha value is -2.86. The van der Waals surface area contributed by atoms with E-state index in [1.54, 1.807) is 12.5 Å². The highest BCUT2D eigenvalue weighted by Crippen LogP contribution is 2.27. The van der Waals surface area contributed by atoms with Gasteiger partial charge in [-0.2, -0.15) is 0 Å². The van der Waals surface area contributed by atoms with Crippen molar-refractivity contribution in [2.45, 2.75) is 38.0 Å². The third kappa shape index (κ3) is 4.28. The molecule has 1 aromatic carbocycles. The van der Waals surface area contributed by atoms with Gasteiger partial charge in [0.2, 0.25) is 5.91 Å². The molecule has 1 fully saturated rings. The van der Waals surface area contributed by atoms with E-state index in [1.165, 1.54) is 0 Å². The Bertz CT molecular complexity index is 856. The number of imidazole rings is 1. The molecule has 1 unspecified atom stereocenters. The Morgan fingerprint density at radius 3 is 2.63 bits per heavy atom. The summed E-state index contributed by atoms with van der Waals surface area (Å²) >= 11 is 0. The smallest absolute Gasteiger partial charge is 0.224 e. The Balaban J connectivity index is 1.30. The van der Waals surface area contributed by atoms with E-state index < -0.39 is 6.10 Å². The first kappa shape index (κ1) is 17.5. The van der Waals surface area contributed by atoms with Crippen LogP contribution in [0, 0.1) is 5.92 Å². The number of aliphatic hydroxyl groups excluding tert-OH is 1. The van der Waals surface area contributed by atoms with E-state index in [4.69, 9.17) is 0 Å². The fourth-order valence-corrected chi connectivity index (χ4v) is 3.85. The lowest BCUT2D eigenvalue weighted by atomic mass is 10.1. The number of benzene rings is 1. The molecular formula is C21H24N4O2. The number of hydrogen-bond donors (Lipinski definition) is 2. The number of rotatable bonds is 6. The SMILES string of the molecule is O=C(Cc1ccc(-n2cccc2)cc1)N[C@@H]1CC(Cn2ccnc2)C[C@H]1O. The monoisotopic (exact) mass is 364 g/mol. The van der Waals surface area contributed by atoms with Crippen molar-refractivity contribution in [1.82, 2.24) is 19.4 Å². The third-order valence-electron chi connectivity index (χ3n) is 5.20. The van der Waals surface area contributed by atoms with E-state index in [1.807, 2.05) is 64.1 Å². The van der Waals surface area contributed by atoms with Gasteiger partial charge in [0.1, 0.15) is 0 Å². The molecule has 0 bridgehead atoms. The summed E-state index contributed by atoms with van der Waals surface area (Å²) < 4.78 is 4.05. The maximum atomic E-state index is 12.4. The van der Waals surface area contributed by atoms with Crippen molar-refractivity contribution in [3.05, 3.63) is 73.1 Å². The van der Waals surface area contributed by atoms with Crippen LogP contribution >= 0.6 is 0 Å². The number of hydrogen-bond acceptors (Lipinski definition) is 3. The first-order chi connectivity index (χ1) is 13.2. The molecule has 0 aliphatic heterocycles. The van der Waals surface area contributed by atoms with E-state index in [9.17, 15) is 9.90 Å². The van der Waals surface area contributed by atoms with Crippen LogP contribution in [-0.4, -0.2) is 37.3 Å². The van der Waals surface area contributed by atoms with Crippen LogP contribution in [0.15, 0.2) is 67.5 Å². The van der Waals surface area contributed by atoms with Gasteiger partial charge in [-0.25, -0.2) is 4.98 Å². The lowest BCUT2D eigenvalue weighted by molar-refractivity contribution is -0.121. The van der Waals surface area contributed by atoms with E-state index in [0.717, 1.165) is 24.2 Å². The van der Waals surface area contributed by atoms with Gasteiger partial charge in [-0.05, 0) is 48.6 Å². The quantitative estimate of drug-likeness (QED) is 0.704. The average Bonchev–Trinajstić information content (AvgIpc) is 3.40. The van der Waals surface area contributed by atoms with Crippen LogP contribution in [0.3, 0.4) is 0 Å². The minimum Gasteiger partial charge on any atom is -0.391 e. The Labute approximate surface area is 158 Å². The van der Waals surface area contributed by atoms with Gasteiger partial charge in [-0.15, -0.1) is 0 Å². The molecule has 0 radical (unpaired) electrons. The van der Waals surface area contributed by atoms with Gasteiger partial charge in [-0.3, -0.25) is 4.79 Å². The lowest BCUT2D eigenvalue weighted by Gasteiger charge is -2.16. The summed E-state index contributed by atoms with van der Waals surface area (Å²) in [6.45, 7) is 0.824. The number of amides is 1. The second-order valence-electron chi connectivity index (χ2n) is 7.27. The number of aromatic nitrogens is 3. The molecule has 3 atom stereocenters. The standard InChI is InChI=1S/C21H24N4O2/c26-20-12-17(14-24-10-7-22-15-24)11-19(20)23-21(27)13-16-3-5-18(6-4-16)25-8-1-2-9-25/h1-10,15,17,19-20,26H,11-14H2,(H,23,27)/t17?,19-,20-/m1/s1. The van der Waals surface area contributed by atoms with Crippen molar-refractivity contribution in [2.24, 2.45) is 5.92 Å². The maximum Gasteiger partial charge on any atom is 0.224 e. The van der Waals surface area contributed by atoms with Crippen molar-refractivity contribution >= 4 is 5.91 Å². The Kier molecular flexibility index (Phi) is 5.07. The van der Waals surface area contributed by atoms with Gasteiger partial charge in [0.05, 0.1) is 24.9 Å². The molecular weight excluding hydrogens is 340 g/mol. The molecule has 2 heterocycles. The zero-order valence-electron chi connectivity index (χ0n) is 15.1. The van der Waals surface area contributed by atoms with Gasteiger partial charge in [0.25, 0.3) is 0 Å². The summed E-state index contributed by atoms with van der Waals surface area (Å²) in [6.07, 6.45) is 10.8. The van der Waals surface area contributed by atoms with Crippen LogP contribution in [0.1, 0.15) is 18.4 Å². The van der Waals surface area contributed by atoms with E-state index in [-0.39, 0.29) is 11.9 Å². The first-order valence-electron chi connectivity index (χ1n) is 9.33. The minimum absolute atomic E-state index is 0.0453. The minimum atomic E-state index is -0.487. The summed E-state index contributed by atoms with van der Waals surface area (Å²) in [7, 11) is 0. The normalized spacial score (nSPS) is 22.0. The third-order valence-corrected chi connectivity index (χ3v) is 5.20. The predicted molar refractivity (Wildman–Crippen MR) is 102 cm³/mol. The molecule has 0 spiro atoms. The van der Waals surface area contributed by atoms with Gasteiger partial charge in [-0.1, -0.05) is 12.1 Å². The van der Waals surface area contributed by atoms with Crippen molar-refractivity contribution in [2.75, 3.05) is 0 Å². The van der Waals surface area contributed by atoms with Crippen LogP contribution in [0.4, 0.5) is 0 Å². The molecule has 1 amide bonds. The maximum absolute atomic E-state index is 12.4. The average molecular weight is 364 g/mol. The van der Waals surface area contributed by atoms with Crippen LogP contribution in [0.2, 0.25) is 0 Å². The summed E-state index contributed by atoms with van der Waals surface area (Å²) in [5.74, 6) is 0.302.